The summed E-state index contributed by atoms with van der Waals surface area (Å²) in [7, 11) is 0. The van der Waals surface area contributed by atoms with Gasteiger partial charge in [0.25, 0.3) is 11.8 Å². The van der Waals surface area contributed by atoms with Crippen LogP contribution < -0.4 is 11.1 Å². The number of benzene rings is 1. The molecule has 1 aromatic heterocycles. The van der Waals surface area contributed by atoms with E-state index in [4.69, 9.17) is 5.73 Å². The zero-order chi connectivity index (χ0) is 17.9. The SMILES string of the molecule is Cc1ccc(-n2ncc(C(=O)NCC(F)(F)CN)c2C(C)C)cc1.Cl. The van der Waals surface area contributed by atoms with Gasteiger partial charge >= 0.3 is 0 Å². The van der Waals surface area contributed by atoms with Gasteiger partial charge in [0.15, 0.2) is 0 Å². The Bertz CT molecular complexity index is 714. The van der Waals surface area contributed by atoms with Gasteiger partial charge in [0.1, 0.15) is 0 Å². The summed E-state index contributed by atoms with van der Waals surface area (Å²) in [6.45, 7) is 4.22. The van der Waals surface area contributed by atoms with Crippen molar-refractivity contribution in [1.29, 1.82) is 0 Å². The molecule has 2 rings (SSSR count). The van der Waals surface area contributed by atoms with Crippen molar-refractivity contribution < 1.29 is 13.6 Å². The van der Waals surface area contributed by atoms with Crippen LogP contribution in [0.25, 0.3) is 5.69 Å². The van der Waals surface area contributed by atoms with E-state index in [2.05, 4.69) is 10.4 Å². The predicted octanol–water partition coefficient (Wildman–Crippen LogP) is 3.05. The molecular weight excluding hydrogens is 350 g/mol. The Labute approximate surface area is 152 Å². The molecule has 2 aromatic rings. The standard InChI is InChI=1S/C17H22F2N4O.ClH/c1-11(2)15-14(16(24)21-10-17(18,19)9-20)8-22-23(15)13-6-4-12(3)5-7-13;/h4-8,11H,9-10,20H2,1-3H3,(H,21,24);1H. The minimum atomic E-state index is -3.12. The number of aryl methyl sites for hydroxylation is 1. The van der Waals surface area contributed by atoms with E-state index in [9.17, 15) is 13.6 Å². The monoisotopic (exact) mass is 372 g/mol. The Morgan fingerprint density at radius 3 is 2.44 bits per heavy atom. The third-order valence-corrected chi connectivity index (χ3v) is 3.68. The molecule has 1 aromatic carbocycles. The molecule has 0 bridgehead atoms. The summed E-state index contributed by atoms with van der Waals surface area (Å²) in [5.74, 6) is -3.71. The largest absolute Gasteiger partial charge is 0.346 e. The lowest BCUT2D eigenvalue weighted by atomic mass is 10.0. The molecule has 0 aliphatic heterocycles. The molecule has 0 radical (unpaired) electrons. The number of hydrogen-bond donors (Lipinski definition) is 2. The molecule has 25 heavy (non-hydrogen) atoms. The number of alkyl halides is 2. The smallest absolute Gasteiger partial charge is 0.277 e. The van der Waals surface area contributed by atoms with Gasteiger partial charge in [0.2, 0.25) is 0 Å². The van der Waals surface area contributed by atoms with Gasteiger partial charge in [0, 0.05) is 0 Å². The highest BCUT2D eigenvalue weighted by Crippen LogP contribution is 2.23. The molecule has 0 aliphatic rings. The van der Waals surface area contributed by atoms with Gasteiger partial charge in [-0.2, -0.15) is 5.10 Å². The van der Waals surface area contributed by atoms with Crippen molar-refractivity contribution in [3.8, 4) is 5.69 Å². The van der Waals surface area contributed by atoms with Crippen LogP contribution in [0.5, 0.6) is 0 Å². The molecule has 1 heterocycles. The molecule has 0 saturated heterocycles. The predicted molar refractivity (Wildman–Crippen MR) is 96.0 cm³/mol. The maximum absolute atomic E-state index is 13.2. The Morgan fingerprint density at radius 1 is 1.32 bits per heavy atom. The first-order valence-electron chi connectivity index (χ1n) is 7.76. The average molecular weight is 373 g/mol. The Kier molecular flexibility index (Phi) is 7.07. The molecule has 0 spiro atoms. The van der Waals surface area contributed by atoms with E-state index in [1.54, 1.807) is 4.68 Å². The number of amides is 1. The molecule has 0 unspecified atom stereocenters. The zero-order valence-electron chi connectivity index (χ0n) is 14.4. The molecule has 0 aliphatic carbocycles. The number of carbonyl (C=O) groups is 1. The molecule has 3 N–H and O–H groups in total. The second-order valence-electron chi connectivity index (χ2n) is 6.09. The van der Waals surface area contributed by atoms with Gasteiger partial charge in [-0.25, -0.2) is 13.5 Å². The Morgan fingerprint density at radius 2 is 1.92 bits per heavy atom. The first-order chi connectivity index (χ1) is 11.2. The summed E-state index contributed by atoms with van der Waals surface area (Å²) >= 11 is 0. The van der Waals surface area contributed by atoms with Gasteiger partial charge in [-0.15, -0.1) is 12.4 Å². The van der Waals surface area contributed by atoms with Crippen molar-refractivity contribution in [2.45, 2.75) is 32.6 Å². The lowest BCUT2D eigenvalue weighted by Gasteiger charge is -2.16. The van der Waals surface area contributed by atoms with Crippen molar-refractivity contribution in [1.82, 2.24) is 15.1 Å². The number of aromatic nitrogens is 2. The van der Waals surface area contributed by atoms with Crippen molar-refractivity contribution in [3.05, 3.63) is 47.3 Å². The Hall–Kier alpha value is -1.99. The first kappa shape index (κ1) is 21.1. The molecule has 0 fully saturated rings. The molecule has 0 saturated carbocycles. The fraction of sp³-hybridized carbons (Fsp3) is 0.412. The average Bonchev–Trinajstić information content (AvgIpc) is 2.98. The van der Waals surface area contributed by atoms with E-state index >= 15 is 0 Å². The van der Waals surface area contributed by atoms with E-state index in [1.165, 1.54) is 6.20 Å². The van der Waals surface area contributed by atoms with Crippen LogP contribution in [0.15, 0.2) is 30.5 Å². The number of nitrogens with one attached hydrogen (secondary N) is 1. The van der Waals surface area contributed by atoms with Crippen LogP contribution in [0, 0.1) is 6.92 Å². The van der Waals surface area contributed by atoms with Crippen LogP contribution in [0.1, 0.15) is 41.4 Å². The maximum Gasteiger partial charge on any atom is 0.277 e. The topological polar surface area (TPSA) is 72.9 Å². The minimum Gasteiger partial charge on any atom is -0.346 e. The summed E-state index contributed by atoms with van der Waals surface area (Å²) < 4.78 is 28.1. The van der Waals surface area contributed by atoms with Crippen LogP contribution in [0.2, 0.25) is 0 Å². The van der Waals surface area contributed by atoms with Gasteiger partial charge in [-0.05, 0) is 25.0 Å². The van der Waals surface area contributed by atoms with Crippen LogP contribution in [-0.4, -0.2) is 34.7 Å². The van der Waals surface area contributed by atoms with E-state index in [-0.39, 0.29) is 18.3 Å². The third kappa shape index (κ3) is 4.99. The number of rotatable bonds is 6. The normalized spacial score (nSPS) is 11.3. The fourth-order valence-corrected chi connectivity index (χ4v) is 2.36. The molecule has 0 atom stereocenters. The fourth-order valence-electron chi connectivity index (χ4n) is 2.36. The Balaban J connectivity index is 0.00000312. The van der Waals surface area contributed by atoms with Crippen molar-refractivity contribution in [2.24, 2.45) is 5.73 Å². The second kappa shape index (κ2) is 8.40. The summed E-state index contributed by atoms with van der Waals surface area (Å²) in [5.41, 5.74) is 7.87. The summed E-state index contributed by atoms with van der Waals surface area (Å²) in [6.07, 6.45) is 1.41. The number of nitrogens with zero attached hydrogens (tertiary/aromatic N) is 2. The second-order valence-corrected chi connectivity index (χ2v) is 6.09. The third-order valence-electron chi connectivity index (χ3n) is 3.68. The van der Waals surface area contributed by atoms with Crippen LogP contribution >= 0.6 is 12.4 Å². The minimum absolute atomic E-state index is 0. The summed E-state index contributed by atoms with van der Waals surface area (Å²) in [5, 5.41) is 6.50. The van der Waals surface area contributed by atoms with Gasteiger partial charge < -0.3 is 11.1 Å². The number of halogens is 3. The highest BCUT2D eigenvalue weighted by Gasteiger charge is 2.29. The van der Waals surface area contributed by atoms with Crippen molar-refractivity contribution in [3.63, 3.8) is 0 Å². The van der Waals surface area contributed by atoms with E-state index < -0.39 is 24.9 Å². The van der Waals surface area contributed by atoms with Crippen molar-refractivity contribution in [2.75, 3.05) is 13.1 Å². The van der Waals surface area contributed by atoms with Gasteiger partial charge in [-0.1, -0.05) is 31.5 Å². The molecule has 8 heteroatoms. The summed E-state index contributed by atoms with van der Waals surface area (Å²) in [6, 6.07) is 7.70. The van der Waals surface area contributed by atoms with Gasteiger partial charge in [0.05, 0.1) is 36.2 Å². The van der Waals surface area contributed by atoms with Crippen LogP contribution in [-0.2, 0) is 0 Å². The number of carbonyl (C=O) groups excluding carboxylic acids is 1. The van der Waals surface area contributed by atoms with E-state index in [1.807, 2.05) is 45.0 Å². The highest BCUT2D eigenvalue weighted by atomic mass is 35.5. The molecular formula is C17H23ClF2N4O. The quantitative estimate of drug-likeness (QED) is 0.818. The molecule has 1 amide bonds. The van der Waals surface area contributed by atoms with E-state index in [0.29, 0.717) is 11.3 Å². The molecule has 138 valence electrons. The van der Waals surface area contributed by atoms with Crippen molar-refractivity contribution >= 4 is 18.3 Å². The number of nitrogens with two attached hydrogens (primary N) is 1. The lowest BCUT2D eigenvalue weighted by Crippen LogP contribution is -2.41. The van der Waals surface area contributed by atoms with Crippen LogP contribution in [0.3, 0.4) is 0 Å². The van der Waals surface area contributed by atoms with Crippen LogP contribution in [0.4, 0.5) is 8.78 Å². The number of hydrogen-bond acceptors (Lipinski definition) is 3. The zero-order valence-corrected chi connectivity index (χ0v) is 15.2. The molecule has 5 nitrogen and oxygen atoms in total. The highest BCUT2D eigenvalue weighted by molar-refractivity contribution is 5.95. The van der Waals surface area contributed by atoms with Gasteiger partial charge in [-0.3, -0.25) is 4.79 Å². The van der Waals surface area contributed by atoms with E-state index in [0.717, 1.165) is 11.3 Å². The lowest BCUT2D eigenvalue weighted by molar-refractivity contribution is 0.0118. The first-order valence-corrected chi connectivity index (χ1v) is 7.76. The summed E-state index contributed by atoms with van der Waals surface area (Å²) in [4.78, 5) is 12.3. The maximum atomic E-state index is 13.2.